The molecule has 0 bridgehead atoms. The van der Waals surface area contributed by atoms with E-state index >= 15 is 0 Å². The largest absolute Gasteiger partial charge is 0.386 e. The molecule has 0 aromatic heterocycles. The Morgan fingerprint density at radius 2 is 1.81 bits per heavy atom. The van der Waals surface area contributed by atoms with Gasteiger partial charge in [-0.1, -0.05) is 23.7 Å². The first-order valence-electron chi connectivity index (χ1n) is 6.89. The zero-order valence-corrected chi connectivity index (χ0v) is 12.9. The van der Waals surface area contributed by atoms with E-state index in [1.165, 1.54) is 0 Å². The van der Waals surface area contributed by atoms with Crippen LogP contribution in [0.4, 0.5) is 0 Å². The van der Waals surface area contributed by atoms with Crippen LogP contribution in [-0.4, -0.2) is 42.6 Å². The molecule has 2 saturated heterocycles. The highest BCUT2D eigenvalue weighted by Crippen LogP contribution is 2.42. The molecule has 1 aromatic rings. The van der Waals surface area contributed by atoms with Gasteiger partial charge in [0.05, 0.1) is 0 Å². The number of hydrogen-bond acceptors (Lipinski definition) is 5. The molecule has 2 heterocycles. The maximum atomic E-state index is 10.6. The zero-order valence-electron chi connectivity index (χ0n) is 12.2. The molecule has 0 radical (unpaired) electrons. The third-order valence-electron chi connectivity index (χ3n) is 3.80. The highest BCUT2D eigenvalue weighted by Gasteiger charge is 2.57. The van der Waals surface area contributed by atoms with Crippen LogP contribution in [0.2, 0.25) is 5.02 Å². The number of methoxy groups -OCH3 is 1. The minimum atomic E-state index is -0.840. The summed E-state index contributed by atoms with van der Waals surface area (Å²) in [6, 6.07) is 7.01. The van der Waals surface area contributed by atoms with E-state index in [0.717, 1.165) is 0 Å². The molecule has 2 aliphatic rings. The minimum Gasteiger partial charge on any atom is -0.386 e. The predicted molar refractivity (Wildman–Crippen MR) is 75.9 cm³/mol. The molecule has 0 aliphatic carbocycles. The summed E-state index contributed by atoms with van der Waals surface area (Å²) in [6.07, 6.45) is -2.67. The third-order valence-corrected chi connectivity index (χ3v) is 4.05. The lowest BCUT2D eigenvalue weighted by molar-refractivity contribution is -0.237. The summed E-state index contributed by atoms with van der Waals surface area (Å²) in [5.74, 6) is -0.714. The molecule has 21 heavy (non-hydrogen) atoms. The fourth-order valence-electron chi connectivity index (χ4n) is 2.88. The van der Waals surface area contributed by atoms with Crippen molar-refractivity contribution in [2.24, 2.45) is 0 Å². The Morgan fingerprint density at radius 1 is 1.19 bits per heavy atom. The normalized spacial score (nSPS) is 35.7. The number of hydrogen-bond donors (Lipinski definition) is 1. The lowest BCUT2D eigenvalue weighted by Crippen LogP contribution is -2.34. The molecule has 1 aromatic carbocycles. The number of halogens is 1. The van der Waals surface area contributed by atoms with Gasteiger partial charge in [0.2, 0.25) is 0 Å². The van der Waals surface area contributed by atoms with Crippen molar-refractivity contribution >= 4 is 11.6 Å². The lowest BCUT2D eigenvalue weighted by atomic mass is 9.99. The Hall–Kier alpha value is -0.690. The van der Waals surface area contributed by atoms with Crippen molar-refractivity contribution in [3.8, 4) is 0 Å². The Balaban J connectivity index is 1.83. The van der Waals surface area contributed by atoms with E-state index in [4.69, 9.17) is 30.5 Å². The molecule has 3 rings (SSSR count). The molecule has 0 amide bonds. The van der Waals surface area contributed by atoms with Gasteiger partial charge in [0, 0.05) is 12.1 Å². The quantitative estimate of drug-likeness (QED) is 0.927. The van der Waals surface area contributed by atoms with Crippen LogP contribution in [0.1, 0.15) is 25.5 Å². The lowest BCUT2D eigenvalue weighted by Gasteiger charge is -2.26. The molecule has 0 saturated carbocycles. The second kappa shape index (κ2) is 5.50. The Labute approximate surface area is 128 Å². The number of ether oxygens (including phenoxy) is 4. The van der Waals surface area contributed by atoms with Crippen LogP contribution in [0.3, 0.4) is 0 Å². The second-order valence-corrected chi connectivity index (χ2v) is 6.20. The molecule has 0 spiro atoms. The molecule has 2 fully saturated rings. The fraction of sp³-hybridized carbons (Fsp3) is 0.600. The number of fused-ring (bicyclic) bond motifs is 1. The van der Waals surface area contributed by atoms with Crippen molar-refractivity contribution in [1.29, 1.82) is 0 Å². The number of rotatable bonds is 3. The fourth-order valence-corrected chi connectivity index (χ4v) is 3.01. The van der Waals surface area contributed by atoms with Crippen molar-refractivity contribution in [3.63, 3.8) is 0 Å². The van der Waals surface area contributed by atoms with Crippen LogP contribution < -0.4 is 0 Å². The van der Waals surface area contributed by atoms with Crippen molar-refractivity contribution < 1.29 is 24.1 Å². The van der Waals surface area contributed by atoms with Crippen molar-refractivity contribution in [2.45, 2.75) is 50.3 Å². The predicted octanol–water partition coefficient (Wildman–Crippen LogP) is 2.26. The zero-order chi connectivity index (χ0) is 15.2. The van der Waals surface area contributed by atoms with Crippen LogP contribution in [-0.2, 0) is 18.9 Å². The summed E-state index contributed by atoms with van der Waals surface area (Å²) in [6.45, 7) is 3.67. The van der Waals surface area contributed by atoms with E-state index in [9.17, 15) is 5.11 Å². The number of aliphatic hydroxyl groups is 1. The van der Waals surface area contributed by atoms with Gasteiger partial charge >= 0.3 is 0 Å². The van der Waals surface area contributed by atoms with E-state index in [1.807, 2.05) is 13.8 Å². The molecule has 5 nitrogen and oxygen atoms in total. The van der Waals surface area contributed by atoms with Gasteiger partial charge in [-0.15, -0.1) is 0 Å². The molecule has 116 valence electrons. The third kappa shape index (κ3) is 2.82. The Kier molecular flexibility index (Phi) is 3.98. The average molecular weight is 315 g/mol. The maximum Gasteiger partial charge on any atom is 0.186 e. The van der Waals surface area contributed by atoms with Crippen LogP contribution in [0.15, 0.2) is 24.3 Å². The summed E-state index contributed by atoms with van der Waals surface area (Å²) in [5.41, 5.74) is 0.716. The van der Waals surface area contributed by atoms with E-state index < -0.39 is 24.3 Å². The van der Waals surface area contributed by atoms with Gasteiger partial charge < -0.3 is 24.1 Å². The molecule has 0 unspecified atom stereocenters. The first-order chi connectivity index (χ1) is 9.91. The summed E-state index contributed by atoms with van der Waals surface area (Å²) >= 11 is 5.87. The SMILES string of the molecule is CO[C@@H]1O[C@H]([C@@H](O)c2ccc(Cl)cc2)[C@H]2OC(C)(C)O[C@@H]12. The number of aliphatic hydroxyl groups excluding tert-OH is 1. The summed E-state index contributed by atoms with van der Waals surface area (Å²) < 4.78 is 22.7. The van der Waals surface area contributed by atoms with E-state index in [1.54, 1.807) is 31.4 Å². The summed E-state index contributed by atoms with van der Waals surface area (Å²) in [4.78, 5) is 0. The van der Waals surface area contributed by atoms with Gasteiger partial charge in [0.1, 0.15) is 24.4 Å². The molecular formula is C15H19ClO5. The van der Waals surface area contributed by atoms with Gasteiger partial charge in [-0.05, 0) is 31.5 Å². The minimum absolute atomic E-state index is 0.350. The van der Waals surface area contributed by atoms with Crippen LogP contribution in [0.5, 0.6) is 0 Å². The highest BCUT2D eigenvalue weighted by molar-refractivity contribution is 6.30. The molecule has 5 atom stereocenters. The second-order valence-electron chi connectivity index (χ2n) is 5.77. The molecule has 6 heteroatoms. The van der Waals surface area contributed by atoms with E-state index in [-0.39, 0.29) is 12.2 Å². The highest BCUT2D eigenvalue weighted by atomic mass is 35.5. The standard InChI is InChI=1S/C15H19ClO5/c1-15(2)20-12-11(19-14(18-3)13(12)21-15)10(17)8-4-6-9(16)7-5-8/h4-7,10-14,17H,1-3H3/t10-,11+,12+,13+,14+/m0/s1. The number of benzene rings is 1. The Bertz CT molecular complexity index is 503. The van der Waals surface area contributed by atoms with Gasteiger partial charge in [0.25, 0.3) is 0 Å². The van der Waals surface area contributed by atoms with Gasteiger partial charge in [-0.25, -0.2) is 0 Å². The van der Waals surface area contributed by atoms with Crippen LogP contribution >= 0.6 is 11.6 Å². The first kappa shape index (κ1) is 15.2. The van der Waals surface area contributed by atoms with Gasteiger partial charge in [-0.3, -0.25) is 0 Å². The first-order valence-corrected chi connectivity index (χ1v) is 7.26. The maximum absolute atomic E-state index is 10.6. The van der Waals surface area contributed by atoms with E-state index in [2.05, 4.69) is 0 Å². The Morgan fingerprint density at radius 3 is 2.43 bits per heavy atom. The van der Waals surface area contributed by atoms with E-state index in [0.29, 0.717) is 10.6 Å². The van der Waals surface area contributed by atoms with Gasteiger partial charge in [0.15, 0.2) is 12.1 Å². The van der Waals surface area contributed by atoms with Crippen LogP contribution in [0.25, 0.3) is 0 Å². The van der Waals surface area contributed by atoms with Crippen molar-refractivity contribution in [2.75, 3.05) is 7.11 Å². The average Bonchev–Trinajstić information content (AvgIpc) is 2.91. The molecule has 2 aliphatic heterocycles. The smallest absolute Gasteiger partial charge is 0.186 e. The van der Waals surface area contributed by atoms with Gasteiger partial charge in [-0.2, -0.15) is 0 Å². The molecule has 1 N–H and O–H groups in total. The molecular weight excluding hydrogens is 296 g/mol. The van der Waals surface area contributed by atoms with Crippen LogP contribution in [0, 0.1) is 0 Å². The topological polar surface area (TPSA) is 57.2 Å². The van der Waals surface area contributed by atoms with Crippen molar-refractivity contribution in [1.82, 2.24) is 0 Å². The summed E-state index contributed by atoms with van der Waals surface area (Å²) in [5, 5.41) is 11.2. The van der Waals surface area contributed by atoms with Crippen molar-refractivity contribution in [3.05, 3.63) is 34.9 Å². The summed E-state index contributed by atoms with van der Waals surface area (Å²) in [7, 11) is 1.55. The monoisotopic (exact) mass is 314 g/mol.